The lowest BCUT2D eigenvalue weighted by Crippen LogP contribution is -2.58. The van der Waals surface area contributed by atoms with Crippen LogP contribution in [0.1, 0.15) is 61.9 Å². The molecule has 1 aromatic carbocycles. The van der Waals surface area contributed by atoms with Crippen molar-refractivity contribution < 1.29 is 9.90 Å². The Hall–Kier alpha value is -2.37. The Bertz CT molecular complexity index is 986. The van der Waals surface area contributed by atoms with Crippen molar-refractivity contribution in [1.82, 2.24) is 15.2 Å². The number of amides is 1. The van der Waals surface area contributed by atoms with Crippen molar-refractivity contribution in [2.45, 2.75) is 57.6 Å². The van der Waals surface area contributed by atoms with Crippen LogP contribution in [0.2, 0.25) is 5.02 Å². The molecule has 0 bridgehead atoms. The van der Waals surface area contributed by atoms with E-state index >= 15 is 0 Å². The van der Waals surface area contributed by atoms with Gasteiger partial charge in [0.15, 0.2) is 0 Å². The zero-order valence-electron chi connectivity index (χ0n) is 19.6. The van der Waals surface area contributed by atoms with Gasteiger partial charge in [-0.05, 0) is 55.0 Å². The molecule has 0 radical (unpaired) electrons. The van der Waals surface area contributed by atoms with Crippen LogP contribution in [0.3, 0.4) is 0 Å². The SMILES string of the molecule is C=C([C@H](NC(=O)c1cccnc1)C(C)C)N1CC[C@](O)(c2ccc(Cl)cc2)C2(CCCC2)C1. The summed E-state index contributed by atoms with van der Waals surface area (Å²) < 4.78 is 0. The summed E-state index contributed by atoms with van der Waals surface area (Å²) >= 11 is 6.12. The average molecular weight is 468 g/mol. The van der Waals surface area contributed by atoms with Gasteiger partial charge in [0, 0.05) is 41.6 Å². The van der Waals surface area contributed by atoms with E-state index in [0.29, 0.717) is 23.6 Å². The minimum atomic E-state index is -0.892. The van der Waals surface area contributed by atoms with Gasteiger partial charge in [-0.1, -0.05) is 57.0 Å². The predicted octanol–water partition coefficient (Wildman–Crippen LogP) is 5.16. The molecule has 33 heavy (non-hydrogen) atoms. The quantitative estimate of drug-likeness (QED) is 0.616. The summed E-state index contributed by atoms with van der Waals surface area (Å²) in [5.41, 5.74) is 1.27. The highest BCUT2D eigenvalue weighted by atomic mass is 35.5. The molecular formula is C27H34ClN3O2. The van der Waals surface area contributed by atoms with Crippen molar-refractivity contribution in [2.75, 3.05) is 13.1 Å². The number of aliphatic hydroxyl groups is 1. The zero-order valence-corrected chi connectivity index (χ0v) is 20.3. The molecule has 0 unspecified atom stereocenters. The molecule has 1 spiro atoms. The number of benzene rings is 1. The number of hydrogen-bond donors (Lipinski definition) is 2. The van der Waals surface area contributed by atoms with Crippen molar-refractivity contribution in [3.05, 3.63) is 77.2 Å². The van der Waals surface area contributed by atoms with Gasteiger partial charge in [0.1, 0.15) is 0 Å². The van der Waals surface area contributed by atoms with Crippen molar-refractivity contribution in [1.29, 1.82) is 0 Å². The average Bonchev–Trinajstić information content (AvgIpc) is 3.29. The van der Waals surface area contributed by atoms with Gasteiger partial charge < -0.3 is 15.3 Å². The van der Waals surface area contributed by atoms with Crippen LogP contribution in [0.4, 0.5) is 0 Å². The third-order valence-electron chi connectivity index (χ3n) is 7.64. The van der Waals surface area contributed by atoms with Gasteiger partial charge in [-0.3, -0.25) is 9.78 Å². The fraction of sp³-hybridized carbons (Fsp3) is 0.481. The molecule has 2 fully saturated rings. The smallest absolute Gasteiger partial charge is 0.253 e. The van der Waals surface area contributed by atoms with Crippen molar-refractivity contribution >= 4 is 17.5 Å². The van der Waals surface area contributed by atoms with Gasteiger partial charge in [-0.2, -0.15) is 0 Å². The van der Waals surface area contributed by atoms with Crippen LogP contribution in [-0.4, -0.2) is 40.0 Å². The Kier molecular flexibility index (Phi) is 6.83. The monoisotopic (exact) mass is 467 g/mol. The molecule has 2 N–H and O–H groups in total. The van der Waals surface area contributed by atoms with Gasteiger partial charge >= 0.3 is 0 Å². The lowest BCUT2D eigenvalue weighted by Gasteiger charge is -2.54. The van der Waals surface area contributed by atoms with E-state index in [1.54, 1.807) is 24.5 Å². The van der Waals surface area contributed by atoms with Crippen LogP contribution in [0.15, 0.2) is 61.1 Å². The first kappa shape index (κ1) is 23.8. The first-order valence-corrected chi connectivity index (χ1v) is 12.3. The Morgan fingerprint density at radius 2 is 1.88 bits per heavy atom. The number of carbonyl (C=O) groups is 1. The topological polar surface area (TPSA) is 65.5 Å². The molecule has 176 valence electrons. The summed E-state index contributed by atoms with van der Waals surface area (Å²) in [4.78, 5) is 19.2. The van der Waals surface area contributed by atoms with Crippen molar-refractivity contribution in [3.63, 3.8) is 0 Å². The maximum atomic E-state index is 12.9. The number of hydrogen-bond acceptors (Lipinski definition) is 4. The number of nitrogens with zero attached hydrogens (tertiary/aromatic N) is 2. The molecular weight excluding hydrogens is 434 g/mol. The molecule has 1 saturated heterocycles. The summed E-state index contributed by atoms with van der Waals surface area (Å²) in [7, 11) is 0. The van der Waals surface area contributed by atoms with Crippen LogP contribution in [0.5, 0.6) is 0 Å². The molecule has 2 aromatic rings. The lowest BCUT2D eigenvalue weighted by atomic mass is 9.63. The Morgan fingerprint density at radius 1 is 1.18 bits per heavy atom. The molecule has 1 aromatic heterocycles. The lowest BCUT2D eigenvalue weighted by molar-refractivity contribution is -0.135. The fourth-order valence-corrected chi connectivity index (χ4v) is 5.86. The minimum Gasteiger partial charge on any atom is -0.384 e. The fourth-order valence-electron chi connectivity index (χ4n) is 5.73. The van der Waals surface area contributed by atoms with Gasteiger partial charge in [0.25, 0.3) is 5.91 Å². The number of piperidine rings is 1. The first-order valence-electron chi connectivity index (χ1n) is 11.9. The van der Waals surface area contributed by atoms with Gasteiger partial charge in [0.05, 0.1) is 17.2 Å². The number of likely N-dealkylation sites (tertiary alicyclic amines) is 1. The molecule has 1 aliphatic carbocycles. The first-order chi connectivity index (χ1) is 15.8. The zero-order chi connectivity index (χ0) is 23.6. The number of pyridine rings is 1. The van der Waals surface area contributed by atoms with Crippen LogP contribution in [0, 0.1) is 11.3 Å². The number of rotatable bonds is 6. The summed E-state index contributed by atoms with van der Waals surface area (Å²) in [6.07, 6.45) is 8.04. The van der Waals surface area contributed by atoms with E-state index in [2.05, 4.69) is 35.6 Å². The van der Waals surface area contributed by atoms with Crippen LogP contribution in [0.25, 0.3) is 0 Å². The van der Waals surface area contributed by atoms with Gasteiger partial charge in [-0.15, -0.1) is 0 Å². The number of aromatic nitrogens is 1. The van der Waals surface area contributed by atoms with E-state index in [1.807, 2.05) is 24.3 Å². The second kappa shape index (κ2) is 9.47. The van der Waals surface area contributed by atoms with E-state index in [0.717, 1.165) is 43.5 Å². The highest BCUT2D eigenvalue weighted by Gasteiger charge is 2.56. The Balaban J connectivity index is 1.56. The van der Waals surface area contributed by atoms with E-state index in [9.17, 15) is 9.90 Å². The largest absolute Gasteiger partial charge is 0.384 e. The summed E-state index contributed by atoms with van der Waals surface area (Å²) in [6.45, 7) is 10.0. The second-order valence-electron chi connectivity index (χ2n) is 9.95. The summed E-state index contributed by atoms with van der Waals surface area (Å²) in [6, 6.07) is 11.0. The Labute approximate surface area is 201 Å². The molecule has 1 aliphatic heterocycles. The number of nitrogens with one attached hydrogen (secondary N) is 1. The molecule has 2 heterocycles. The van der Waals surface area contributed by atoms with Gasteiger partial charge in [0.2, 0.25) is 0 Å². The maximum absolute atomic E-state index is 12.9. The highest BCUT2D eigenvalue weighted by Crippen LogP contribution is 2.56. The van der Waals surface area contributed by atoms with E-state index < -0.39 is 5.60 Å². The van der Waals surface area contributed by atoms with Crippen LogP contribution in [-0.2, 0) is 5.60 Å². The predicted molar refractivity (Wildman–Crippen MR) is 132 cm³/mol. The highest BCUT2D eigenvalue weighted by molar-refractivity contribution is 6.30. The Morgan fingerprint density at radius 3 is 2.48 bits per heavy atom. The van der Waals surface area contributed by atoms with E-state index in [4.69, 9.17) is 11.6 Å². The molecule has 1 saturated carbocycles. The molecule has 2 atom stereocenters. The number of halogens is 1. The van der Waals surface area contributed by atoms with Crippen LogP contribution >= 0.6 is 11.6 Å². The molecule has 6 heteroatoms. The van der Waals surface area contributed by atoms with Crippen molar-refractivity contribution in [3.8, 4) is 0 Å². The van der Waals surface area contributed by atoms with E-state index in [1.165, 1.54) is 0 Å². The second-order valence-corrected chi connectivity index (χ2v) is 10.4. The third-order valence-corrected chi connectivity index (χ3v) is 7.89. The molecule has 2 aliphatic rings. The summed E-state index contributed by atoms with van der Waals surface area (Å²) in [5.74, 6) is 0.0305. The van der Waals surface area contributed by atoms with Gasteiger partial charge in [-0.25, -0.2) is 0 Å². The standard InChI is InChI=1S/C27H34ClN3O2/c1-19(2)24(30-25(32)21-7-6-15-29-17-21)20(3)31-16-14-27(33,22-8-10-23(28)11-9-22)26(18-31)12-4-5-13-26/h6-11,15,17,19,24,33H,3-5,12-14,16,18H2,1-2H3,(H,30,32)/t24-,27+/m1/s1. The van der Waals surface area contributed by atoms with Crippen LogP contribution < -0.4 is 5.32 Å². The number of carbonyl (C=O) groups excluding carboxylic acids is 1. The van der Waals surface area contributed by atoms with E-state index in [-0.39, 0.29) is 23.3 Å². The maximum Gasteiger partial charge on any atom is 0.253 e. The third kappa shape index (κ3) is 4.53. The minimum absolute atomic E-state index is 0.145. The summed E-state index contributed by atoms with van der Waals surface area (Å²) in [5, 5.41) is 15.9. The molecule has 4 rings (SSSR count). The molecule has 1 amide bonds. The molecule has 5 nitrogen and oxygen atoms in total. The van der Waals surface area contributed by atoms with Crippen molar-refractivity contribution in [2.24, 2.45) is 11.3 Å². The normalized spacial score (nSPS) is 23.0.